The van der Waals surface area contributed by atoms with Crippen LogP contribution >= 0.6 is 0 Å². The van der Waals surface area contributed by atoms with Crippen molar-refractivity contribution in [3.05, 3.63) is 54.6 Å². The molecule has 0 unspecified atom stereocenters. The second-order valence-corrected chi connectivity index (χ2v) is 7.74. The van der Waals surface area contributed by atoms with E-state index in [4.69, 9.17) is 0 Å². The van der Waals surface area contributed by atoms with Crippen molar-refractivity contribution < 1.29 is 13.2 Å². The van der Waals surface area contributed by atoms with E-state index in [0.717, 1.165) is 5.69 Å². The molecule has 2 rings (SSSR count). The van der Waals surface area contributed by atoms with Crippen LogP contribution in [0.25, 0.3) is 0 Å². The second kappa shape index (κ2) is 8.13. The summed E-state index contributed by atoms with van der Waals surface area (Å²) in [6, 6.07) is 14.9. The van der Waals surface area contributed by atoms with Crippen LogP contribution in [0.3, 0.4) is 0 Å². The molecule has 0 aromatic heterocycles. The Hall–Kier alpha value is -2.38. The maximum Gasteiger partial charge on any atom is 0.246 e. The summed E-state index contributed by atoms with van der Waals surface area (Å²) in [6.07, 6.45) is 0. The summed E-state index contributed by atoms with van der Waals surface area (Å²) in [7, 11) is -3.54. The second-order valence-electron chi connectivity index (χ2n) is 6.02. The number of carbonyl (C=O) groups excluding carboxylic acids is 1. The van der Waals surface area contributed by atoms with E-state index in [-0.39, 0.29) is 16.8 Å². The molecule has 0 saturated carbocycles. The molecule has 0 aliphatic heterocycles. The molecule has 0 aliphatic carbocycles. The van der Waals surface area contributed by atoms with E-state index in [0.29, 0.717) is 5.69 Å². The third kappa shape index (κ3) is 5.58. The number of hydrogen-bond acceptors (Lipinski definition) is 4. The van der Waals surface area contributed by atoms with Gasteiger partial charge in [-0.25, -0.2) is 13.1 Å². The van der Waals surface area contributed by atoms with Crippen molar-refractivity contribution >= 4 is 27.3 Å². The number of hydrogen-bond donors (Lipinski definition) is 3. The van der Waals surface area contributed by atoms with Crippen molar-refractivity contribution in [3.8, 4) is 0 Å². The first-order valence-electron chi connectivity index (χ1n) is 8.03. The highest BCUT2D eigenvalue weighted by molar-refractivity contribution is 7.89. The van der Waals surface area contributed by atoms with Crippen molar-refractivity contribution in [1.29, 1.82) is 0 Å². The number of amides is 1. The number of sulfonamides is 1. The van der Waals surface area contributed by atoms with Crippen LogP contribution in [0.5, 0.6) is 0 Å². The van der Waals surface area contributed by atoms with Gasteiger partial charge < -0.3 is 10.6 Å². The van der Waals surface area contributed by atoms with Gasteiger partial charge in [0.2, 0.25) is 15.9 Å². The number of nitrogens with one attached hydrogen (secondary N) is 3. The van der Waals surface area contributed by atoms with Gasteiger partial charge in [0.1, 0.15) is 6.04 Å². The third-order valence-electron chi connectivity index (χ3n) is 3.37. The Morgan fingerprint density at radius 1 is 0.880 bits per heavy atom. The molecule has 0 radical (unpaired) electrons. The zero-order valence-electron chi connectivity index (χ0n) is 14.5. The zero-order valence-corrected chi connectivity index (χ0v) is 15.3. The molecule has 1 amide bonds. The Labute approximate surface area is 148 Å². The summed E-state index contributed by atoms with van der Waals surface area (Å²) in [5, 5.41) is 5.87. The fraction of sp³-hybridized carbons (Fsp3) is 0.278. The summed E-state index contributed by atoms with van der Waals surface area (Å²) in [6.45, 7) is 5.27. The first kappa shape index (κ1) is 19.0. The smallest absolute Gasteiger partial charge is 0.246 e. The van der Waals surface area contributed by atoms with Crippen LogP contribution < -0.4 is 15.4 Å². The Morgan fingerprint density at radius 3 is 2.04 bits per heavy atom. The molecule has 2 aromatic carbocycles. The van der Waals surface area contributed by atoms with E-state index < -0.39 is 16.1 Å². The lowest BCUT2D eigenvalue weighted by Gasteiger charge is -2.15. The van der Waals surface area contributed by atoms with E-state index in [1.165, 1.54) is 12.1 Å². The van der Waals surface area contributed by atoms with Crippen LogP contribution in [0.1, 0.15) is 20.8 Å². The van der Waals surface area contributed by atoms with Gasteiger partial charge in [-0.05, 0) is 57.2 Å². The van der Waals surface area contributed by atoms with Gasteiger partial charge in [0, 0.05) is 17.4 Å². The zero-order chi connectivity index (χ0) is 18.4. The van der Waals surface area contributed by atoms with Gasteiger partial charge in [-0.3, -0.25) is 4.79 Å². The quantitative estimate of drug-likeness (QED) is 0.708. The number of para-hydroxylation sites is 1. The predicted molar refractivity (Wildman–Crippen MR) is 100 cm³/mol. The summed E-state index contributed by atoms with van der Waals surface area (Å²) in [5.41, 5.74) is 1.39. The minimum atomic E-state index is -3.54. The molecule has 1 atom stereocenters. The molecule has 0 bridgehead atoms. The average Bonchev–Trinajstić information content (AvgIpc) is 2.55. The van der Waals surface area contributed by atoms with E-state index in [9.17, 15) is 13.2 Å². The van der Waals surface area contributed by atoms with Crippen molar-refractivity contribution in [2.45, 2.75) is 37.8 Å². The van der Waals surface area contributed by atoms with E-state index in [1.807, 2.05) is 30.3 Å². The van der Waals surface area contributed by atoms with E-state index in [2.05, 4.69) is 15.4 Å². The van der Waals surface area contributed by atoms with Crippen molar-refractivity contribution in [1.82, 2.24) is 4.72 Å². The van der Waals surface area contributed by atoms with Crippen molar-refractivity contribution in [3.63, 3.8) is 0 Å². The number of rotatable bonds is 7. The highest BCUT2D eigenvalue weighted by Crippen LogP contribution is 2.15. The van der Waals surface area contributed by atoms with Crippen LogP contribution in [0, 0.1) is 0 Å². The van der Waals surface area contributed by atoms with Gasteiger partial charge in [-0.1, -0.05) is 18.2 Å². The highest BCUT2D eigenvalue weighted by atomic mass is 32.2. The van der Waals surface area contributed by atoms with Crippen LogP contribution in [0.4, 0.5) is 11.4 Å². The molecule has 7 heteroatoms. The highest BCUT2D eigenvalue weighted by Gasteiger charge is 2.16. The molecular weight excluding hydrogens is 338 g/mol. The number of benzene rings is 2. The molecule has 0 spiro atoms. The van der Waals surface area contributed by atoms with Gasteiger partial charge in [-0.15, -0.1) is 0 Å². The molecule has 0 saturated heterocycles. The molecule has 0 fully saturated rings. The van der Waals surface area contributed by atoms with Gasteiger partial charge in [0.15, 0.2) is 0 Å². The molecule has 25 heavy (non-hydrogen) atoms. The average molecular weight is 361 g/mol. The largest absolute Gasteiger partial charge is 0.374 e. The van der Waals surface area contributed by atoms with Crippen LogP contribution in [-0.4, -0.2) is 26.4 Å². The van der Waals surface area contributed by atoms with E-state index in [1.54, 1.807) is 32.9 Å². The normalized spacial score (nSPS) is 12.6. The molecular formula is C18H23N3O3S. The SMILES string of the molecule is CC(C)NS(=O)(=O)c1ccc(NC(=O)[C@H](C)Nc2ccccc2)cc1. The lowest BCUT2D eigenvalue weighted by atomic mass is 10.2. The molecule has 3 N–H and O–H groups in total. The lowest BCUT2D eigenvalue weighted by Crippen LogP contribution is -2.32. The fourth-order valence-electron chi connectivity index (χ4n) is 2.20. The van der Waals surface area contributed by atoms with Crippen LogP contribution in [0.15, 0.2) is 59.5 Å². The molecule has 134 valence electrons. The molecule has 0 heterocycles. The standard InChI is InChI=1S/C18H23N3O3S/c1-13(2)21-25(23,24)17-11-9-16(10-12-17)20-18(22)14(3)19-15-7-5-4-6-8-15/h4-14,19,21H,1-3H3,(H,20,22)/t14-/m0/s1. The topological polar surface area (TPSA) is 87.3 Å². The van der Waals surface area contributed by atoms with Crippen molar-refractivity contribution in [2.24, 2.45) is 0 Å². The first-order valence-corrected chi connectivity index (χ1v) is 9.51. The predicted octanol–water partition coefficient (Wildman–Crippen LogP) is 2.81. The number of anilines is 2. The Kier molecular flexibility index (Phi) is 6.17. The minimum absolute atomic E-state index is 0.162. The Balaban J connectivity index is 1.99. The van der Waals surface area contributed by atoms with Crippen LogP contribution in [-0.2, 0) is 14.8 Å². The Bertz CT molecular complexity index is 803. The van der Waals surface area contributed by atoms with Gasteiger partial charge in [0.05, 0.1) is 4.90 Å². The molecule has 6 nitrogen and oxygen atoms in total. The lowest BCUT2D eigenvalue weighted by molar-refractivity contribution is -0.116. The summed E-state index contributed by atoms with van der Waals surface area (Å²) < 4.78 is 26.7. The molecule has 2 aromatic rings. The Morgan fingerprint density at radius 2 is 1.48 bits per heavy atom. The molecule has 0 aliphatic rings. The van der Waals surface area contributed by atoms with Crippen molar-refractivity contribution in [2.75, 3.05) is 10.6 Å². The maximum absolute atomic E-state index is 12.2. The minimum Gasteiger partial charge on any atom is -0.374 e. The third-order valence-corrected chi connectivity index (χ3v) is 5.05. The van der Waals surface area contributed by atoms with Gasteiger partial charge in [0.25, 0.3) is 0 Å². The summed E-state index contributed by atoms with van der Waals surface area (Å²) in [4.78, 5) is 12.4. The van der Waals surface area contributed by atoms with E-state index >= 15 is 0 Å². The number of carbonyl (C=O) groups is 1. The van der Waals surface area contributed by atoms with Crippen LogP contribution in [0.2, 0.25) is 0 Å². The summed E-state index contributed by atoms with van der Waals surface area (Å²) in [5.74, 6) is -0.209. The monoisotopic (exact) mass is 361 g/mol. The maximum atomic E-state index is 12.2. The summed E-state index contributed by atoms with van der Waals surface area (Å²) >= 11 is 0. The van der Waals surface area contributed by atoms with Gasteiger partial charge >= 0.3 is 0 Å². The van der Waals surface area contributed by atoms with Gasteiger partial charge in [-0.2, -0.15) is 0 Å². The fourth-order valence-corrected chi connectivity index (χ4v) is 3.45. The first-order chi connectivity index (χ1) is 11.8.